The van der Waals surface area contributed by atoms with Crippen molar-refractivity contribution < 1.29 is 4.21 Å². The number of aromatic nitrogens is 3. The van der Waals surface area contributed by atoms with E-state index in [4.69, 9.17) is 0 Å². The minimum Gasteiger partial charge on any atom is -0.352 e. The molecule has 1 unspecified atom stereocenters. The maximum atomic E-state index is 11.2. The minimum atomic E-state index is -0.754. The fraction of sp³-hybridized carbons (Fsp3) is 0.400. The van der Waals surface area contributed by atoms with Gasteiger partial charge < -0.3 is 5.32 Å². The number of halogens is 1. The van der Waals surface area contributed by atoms with E-state index in [0.717, 1.165) is 10.1 Å². The number of rotatable bonds is 5. The lowest BCUT2D eigenvalue weighted by Gasteiger charge is -1.99. The first kappa shape index (κ1) is 12.5. The average Bonchev–Trinajstić information content (AvgIpc) is 2.70. The third-order valence-corrected chi connectivity index (χ3v) is 4.00. The zero-order valence-corrected chi connectivity index (χ0v) is 11.8. The maximum Gasteiger partial charge on any atom is 0.243 e. The van der Waals surface area contributed by atoms with Gasteiger partial charge in [-0.05, 0) is 28.1 Å². The largest absolute Gasteiger partial charge is 0.352 e. The fourth-order valence-corrected chi connectivity index (χ4v) is 2.30. The van der Waals surface area contributed by atoms with E-state index in [2.05, 4.69) is 31.3 Å². The van der Waals surface area contributed by atoms with Crippen LogP contribution in [0.25, 0.3) is 5.65 Å². The van der Waals surface area contributed by atoms with E-state index in [0.29, 0.717) is 24.0 Å². The molecule has 0 saturated carbocycles. The molecule has 2 aromatic heterocycles. The number of hydrogen-bond donors (Lipinski definition) is 1. The van der Waals surface area contributed by atoms with Crippen LogP contribution in [0.2, 0.25) is 0 Å². The SMILES string of the molecule is CCS(=O)CCNc1nc2ccc(Br)cn2n1. The molecule has 17 heavy (non-hydrogen) atoms. The van der Waals surface area contributed by atoms with Gasteiger partial charge in [0.05, 0.1) is 0 Å². The fourth-order valence-electron chi connectivity index (χ4n) is 1.35. The monoisotopic (exact) mass is 316 g/mol. The zero-order chi connectivity index (χ0) is 12.3. The van der Waals surface area contributed by atoms with Gasteiger partial charge in [-0.2, -0.15) is 4.98 Å². The van der Waals surface area contributed by atoms with E-state index in [9.17, 15) is 4.21 Å². The van der Waals surface area contributed by atoms with Gasteiger partial charge in [0.2, 0.25) is 5.95 Å². The molecule has 0 radical (unpaired) electrons. The summed E-state index contributed by atoms with van der Waals surface area (Å²) in [6.07, 6.45) is 1.84. The van der Waals surface area contributed by atoms with Crippen LogP contribution in [0.15, 0.2) is 22.8 Å². The highest BCUT2D eigenvalue weighted by Gasteiger charge is 2.03. The molecule has 92 valence electrons. The van der Waals surface area contributed by atoms with Crippen LogP contribution in [0, 0.1) is 0 Å². The van der Waals surface area contributed by atoms with Crippen LogP contribution < -0.4 is 5.32 Å². The lowest BCUT2D eigenvalue weighted by atomic mass is 10.5. The number of pyridine rings is 1. The van der Waals surface area contributed by atoms with Crippen molar-refractivity contribution in [3.8, 4) is 0 Å². The van der Waals surface area contributed by atoms with Gasteiger partial charge in [0.15, 0.2) is 5.65 Å². The van der Waals surface area contributed by atoms with Crippen LogP contribution >= 0.6 is 15.9 Å². The first-order chi connectivity index (χ1) is 8.19. The van der Waals surface area contributed by atoms with Gasteiger partial charge in [-0.3, -0.25) is 4.21 Å². The molecule has 2 rings (SSSR count). The number of nitrogens with one attached hydrogen (secondary N) is 1. The van der Waals surface area contributed by atoms with Gasteiger partial charge in [0.25, 0.3) is 0 Å². The highest BCUT2D eigenvalue weighted by Crippen LogP contribution is 2.11. The molecule has 7 heteroatoms. The summed E-state index contributed by atoms with van der Waals surface area (Å²) in [4.78, 5) is 4.30. The molecule has 1 N–H and O–H groups in total. The number of nitrogens with zero attached hydrogens (tertiary/aromatic N) is 3. The molecule has 0 fully saturated rings. The summed E-state index contributed by atoms with van der Waals surface area (Å²) in [5.74, 6) is 1.87. The van der Waals surface area contributed by atoms with Crippen LogP contribution in [0.5, 0.6) is 0 Å². The van der Waals surface area contributed by atoms with Crippen molar-refractivity contribution in [3.05, 3.63) is 22.8 Å². The predicted octanol–water partition coefficient (Wildman–Crippen LogP) is 1.67. The van der Waals surface area contributed by atoms with E-state index in [1.165, 1.54) is 0 Å². The van der Waals surface area contributed by atoms with Crippen LogP contribution in [0.4, 0.5) is 5.95 Å². The van der Waals surface area contributed by atoms with Gasteiger partial charge in [-0.1, -0.05) is 6.92 Å². The summed E-state index contributed by atoms with van der Waals surface area (Å²) in [5.41, 5.74) is 0.785. The molecule has 0 aliphatic carbocycles. The van der Waals surface area contributed by atoms with Crippen molar-refractivity contribution in [3.63, 3.8) is 0 Å². The van der Waals surface area contributed by atoms with Crippen LogP contribution in [0.3, 0.4) is 0 Å². The van der Waals surface area contributed by atoms with E-state index in [-0.39, 0.29) is 0 Å². The van der Waals surface area contributed by atoms with E-state index in [1.54, 1.807) is 4.52 Å². The number of anilines is 1. The summed E-state index contributed by atoms with van der Waals surface area (Å²) >= 11 is 3.37. The summed E-state index contributed by atoms with van der Waals surface area (Å²) in [6, 6.07) is 3.80. The van der Waals surface area contributed by atoms with Crippen molar-refractivity contribution in [1.82, 2.24) is 14.6 Å². The van der Waals surface area contributed by atoms with E-state index >= 15 is 0 Å². The molecule has 2 heterocycles. The Hall–Kier alpha value is -0.950. The molecule has 0 amide bonds. The molecule has 0 aliphatic rings. The second-order valence-electron chi connectivity index (χ2n) is 3.44. The molecule has 0 aliphatic heterocycles. The number of hydrogen-bond acceptors (Lipinski definition) is 4. The Morgan fingerprint density at radius 3 is 3.12 bits per heavy atom. The Kier molecular flexibility index (Phi) is 4.11. The lowest BCUT2D eigenvalue weighted by molar-refractivity contribution is 0.684. The highest BCUT2D eigenvalue weighted by molar-refractivity contribution is 9.10. The van der Waals surface area contributed by atoms with Crippen molar-refractivity contribution >= 4 is 38.3 Å². The molecule has 2 aromatic rings. The second kappa shape index (κ2) is 5.59. The Balaban J connectivity index is 2.02. The van der Waals surface area contributed by atoms with E-state index in [1.807, 2.05) is 25.3 Å². The first-order valence-corrected chi connectivity index (χ1v) is 7.58. The van der Waals surface area contributed by atoms with Crippen molar-refractivity contribution in [2.45, 2.75) is 6.92 Å². The van der Waals surface area contributed by atoms with Gasteiger partial charge in [0, 0.05) is 39.5 Å². The Morgan fingerprint density at radius 1 is 1.53 bits per heavy atom. The quantitative estimate of drug-likeness (QED) is 0.911. The smallest absolute Gasteiger partial charge is 0.243 e. The van der Waals surface area contributed by atoms with Gasteiger partial charge in [-0.25, -0.2) is 4.52 Å². The molecule has 0 spiro atoms. The lowest BCUT2D eigenvalue weighted by Crippen LogP contribution is -2.12. The topological polar surface area (TPSA) is 59.3 Å². The summed E-state index contributed by atoms with van der Waals surface area (Å²) < 4.78 is 13.9. The normalized spacial score (nSPS) is 12.8. The van der Waals surface area contributed by atoms with Gasteiger partial charge in [-0.15, -0.1) is 5.10 Å². The molecule has 0 bridgehead atoms. The predicted molar refractivity (Wildman–Crippen MR) is 72.7 cm³/mol. The minimum absolute atomic E-state index is 0.566. The van der Waals surface area contributed by atoms with Crippen LogP contribution in [-0.4, -0.2) is 36.9 Å². The van der Waals surface area contributed by atoms with Gasteiger partial charge in [0.1, 0.15) is 0 Å². The van der Waals surface area contributed by atoms with Crippen molar-refractivity contribution in [2.75, 3.05) is 23.4 Å². The second-order valence-corrected chi connectivity index (χ2v) is 6.23. The Labute approximate surface area is 110 Å². The number of fused-ring (bicyclic) bond motifs is 1. The molecular weight excluding hydrogens is 304 g/mol. The Bertz CT molecular complexity index is 542. The van der Waals surface area contributed by atoms with Crippen molar-refractivity contribution in [2.24, 2.45) is 0 Å². The maximum absolute atomic E-state index is 11.2. The molecule has 0 aromatic carbocycles. The Morgan fingerprint density at radius 2 is 2.35 bits per heavy atom. The average molecular weight is 317 g/mol. The molecule has 1 atom stereocenters. The van der Waals surface area contributed by atoms with E-state index < -0.39 is 10.8 Å². The third-order valence-electron chi connectivity index (χ3n) is 2.23. The summed E-state index contributed by atoms with van der Waals surface area (Å²) in [6.45, 7) is 2.54. The van der Waals surface area contributed by atoms with Crippen molar-refractivity contribution in [1.29, 1.82) is 0 Å². The van der Waals surface area contributed by atoms with Crippen LogP contribution in [0.1, 0.15) is 6.92 Å². The molecule has 5 nitrogen and oxygen atoms in total. The summed E-state index contributed by atoms with van der Waals surface area (Å²) in [7, 11) is -0.754. The molecular formula is C10H13BrN4OS. The van der Waals surface area contributed by atoms with Gasteiger partial charge >= 0.3 is 0 Å². The third kappa shape index (κ3) is 3.26. The summed E-state index contributed by atoms with van der Waals surface area (Å²) in [5, 5.41) is 7.33. The standard InChI is InChI=1S/C10H13BrN4OS/c1-2-17(16)6-5-12-10-13-9-4-3-8(11)7-15(9)14-10/h3-4,7H,2,5-6H2,1H3,(H,12,14). The first-order valence-electron chi connectivity index (χ1n) is 5.30. The highest BCUT2D eigenvalue weighted by atomic mass is 79.9. The molecule has 0 saturated heterocycles. The van der Waals surface area contributed by atoms with Crippen LogP contribution in [-0.2, 0) is 10.8 Å². The zero-order valence-electron chi connectivity index (χ0n) is 9.39.